The van der Waals surface area contributed by atoms with Gasteiger partial charge in [0.1, 0.15) is 6.04 Å². The highest BCUT2D eigenvalue weighted by Gasteiger charge is 2.38. The molecule has 2 rings (SSSR count). The third-order valence-electron chi connectivity index (χ3n) is 2.77. The Kier molecular flexibility index (Phi) is 1.87. The van der Waals surface area contributed by atoms with Gasteiger partial charge in [0.25, 0.3) is 0 Å². The Morgan fingerprint density at radius 1 is 1.45 bits per heavy atom. The van der Waals surface area contributed by atoms with Gasteiger partial charge in [-0.05, 0) is 0 Å². The second-order valence-electron chi connectivity index (χ2n) is 3.62. The summed E-state index contributed by atoms with van der Waals surface area (Å²) >= 11 is 0. The Morgan fingerprint density at radius 3 is 2.55 bits per heavy atom. The molecule has 0 bridgehead atoms. The molecule has 2 aliphatic rings. The molecule has 0 aromatic carbocycles. The van der Waals surface area contributed by atoms with Crippen LogP contribution < -0.4 is 4.90 Å². The summed E-state index contributed by atoms with van der Waals surface area (Å²) in [5, 5.41) is 0. The summed E-state index contributed by atoms with van der Waals surface area (Å²) in [7, 11) is 5.73. The molecule has 1 N–H and O–H groups in total. The number of ether oxygens (including phenoxy) is 1. The molecule has 0 unspecified atom stereocenters. The van der Waals surface area contributed by atoms with E-state index in [0.29, 0.717) is 6.10 Å². The van der Waals surface area contributed by atoms with Crippen molar-refractivity contribution in [3.05, 3.63) is 7.05 Å². The Bertz CT molecular complexity index is 139. The molecule has 0 aromatic rings. The van der Waals surface area contributed by atoms with Gasteiger partial charge in [0.2, 0.25) is 0 Å². The van der Waals surface area contributed by atoms with Gasteiger partial charge in [0.15, 0.2) is 0 Å². The minimum absolute atomic E-state index is 0.504. The van der Waals surface area contributed by atoms with Crippen molar-refractivity contribution in [3.8, 4) is 0 Å². The Hall–Kier alpha value is -0.120. The molecule has 0 amide bonds. The lowest BCUT2D eigenvalue weighted by Gasteiger charge is -2.50. The van der Waals surface area contributed by atoms with Gasteiger partial charge in [-0.2, -0.15) is 7.05 Å². The third kappa shape index (κ3) is 1.28. The molecule has 11 heavy (non-hydrogen) atoms. The normalized spacial score (nSPS) is 39.8. The van der Waals surface area contributed by atoms with E-state index < -0.39 is 0 Å². The van der Waals surface area contributed by atoms with Crippen molar-refractivity contribution in [1.29, 1.82) is 0 Å². The second-order valence-corrected chi connectivity index (χ2v) is 3.62. The molecule has 2 aliphatic heterocycles. The van der Waals surface area contributed by atoms with E-state index in [2.05, 4.69) is 11.9 Å². The van der Waals surface area contributed by atoms with Gasteiger partial charge in [-0.3, -0.25) is 4.90 Å². The highest BCUT2D eigenvalue weighted by molar-refractivity contribution is 4.87. The molecule has 2 saturated heterocycles. The maximum absolute atomic E-state index is 5.20. The summed E-state index contributed by atoms with van der Waals surface area (Å²) in [6.07, 6.45) is 0.504. The first kappa shape index (κ1) is 7.53. The standard InChI is InChI=1S/C8H16N2O/c1-9-3-7(4-9)10-5-8(6-10)11-2/h7-9H,1,3-6H2,2H3. The predicted octanol–water partition coefficient (Wildman–Crippen LogP) is -1.62. The van der Waals surface area contributed by atoms with Gasteiger partial charge in [0.05, 0.1) is 19.2 Å². The topological polar surface area (TPSA) is 16.9 Å². The lowest BCUT2D eigenvalue weighted by atomic mass is 10.0. The highest BCUT2D eigenvalue weighted by Crippen LogP contribution is 2.14. The number of nitrogens with one attached hydrogen (secondary N) is 1. The molecule has 0 saturated carbocycles. The maximum Gasteiger partial charge on any atom is 0.104 e. The zero-order valence-electron chi connectivity index (χ0n) is 7.05. The van der Waals surface area contributed by atoms with E-state index in [0.717, 1.165) is 19.1 Å². The molecule has 0 atom stereocenters. The average Bonchev–Trinajstić information content (AvgIpc) is 1.81. The minimum atomic E-state index is 0.504. The lowest BCUT2D eigenvalue weighted by molar-refractivity contribution is -0.902. The van der Waals surface area contributed by atoms with Gasteiger partial charge in [-0.25, -0.2) is 0 Å². The van der Waals surface area contributed by atoms with Crippen LogP contribution in [0.3, 0.4) is 0 Å². The van der Waals surface area contributed by atoms with Gasteiger partial charge >= 0.3 is 0 Å². The fourth-order valence-corrected chi connectivity index (χ4v) is 1.78. The Balaban J connectivity index is 1.67. The van der Waals surface area contributed by atoms with Crippen LogP contribution in [0.15, 0.2) is 0 Å². The molecule has 0 spiro atoms. The number of methoxy groups -OCH3 is 1. The van der Waals surface area contributed by atoms with Crippen molar-refractivity contribution >= 4 is 0 Å². The fraction of sp³-hybridized carbons (Fsp3) is 0.875. The number of hydrogen-bond acceptors (Lipinski definition) is 2. The molecule has 0 aromatic heterocycles. The van der Waals surface area contributed by atoms with Gasteiger partial charge < -0.3 is 9.64 Å². The summed E-state index contributed by atoms with van der Waals surface area (Å²) in [5.41, 5.74) is 0. The van der Waals surface area contributed by atoms with Crippen LogP contribution in [0.4, 0.5) is 0 Å². The molecular weight excluding hydrogens is 140 g/mol. The predicted molar refractivity (Wildman–Crippen MR) is 42.2 cm³/mol. The van der Waals surface area contributed by atoms with E-state index in [1.807, 2.05) is 0 Å². The Morgan fingerprint density at radius 2 is 2.09 bits per heavy atom. The largest absolute Gasteiger partial charge is 0.465 e. The van der Waals surface area contributed by atoms with Crippen LogP contribution in [-0.4, -0.2) is 50.3 Å². The molecular formula is C8H16N2O. The Labute approximate surface area is 67.9 Å². The summed E-state index contributed by atoms with van der Waals surface area (Å²) in [6.45, 7) is 4.70. The molecule has 0 radical (unpaired) electrons. The van der Waals surface area contributed by atoms with E-state index >= 15 is 0 Å². The van der Waals surface area contributed by atoms with Gasteiger partial charge in [-0.1, -0.05) is 0 Å². The molecule has 64 valence electrons. The molecule has 2 heterocycles. The van der Waals surface area contributed by atoms with Crippen molar-refractivity contribution < 1.29 is 9.64 Å². The molecule has 3 nitrogen and oxygen atoms in total. The number of hydrogen-bond donors (Lipinski definition) is 1. The van der Waals surface area contributed by atoms with Crippen LogP contribution in [0.25, 0.3) is 0 Å². The summed E-state index contributed by atoms with van der Waals surface area (Å²) in [4.78, 5) is 3.90. The van der Waals surface area contributed by atoms with Crippen LogP contribution >= 0.6 is 0 Å². The lowest BCUT2D eigenvalue weighted by Crippen LogP contribution is -3.18. The van der Waals surface area contributed by atoms with E-state index in [1.54, 1.807) is 7.11 Å². The third-order valence-corrected chi connectivity index (χ3v) is 2.77. The average molecular weight is 156 g/mol. The van der Waals surface area contributed by atoms with Gasteiger partial charge in [0, 0.05) is 20.2 Å². The van der Waals surface area contributed by atoms with Crippen molar-refractivity contribution in [3.63, 3.8) is 0 Å². The van der Waals surface area contributed by atoms with E-state index in [9.17, 15) is 0 Å². The first-order valence-corrected chi connectivity index (χ1v) is 4.23. The molecule has 2 fully saturated rings. The van der Waals surface area contributed by atoms with Crippen LogP contribution in [0, 0.1) is 7.05 Å². The number of quaternary nitrogens is 1. The summed E-state index contributed by atoms with van der Waals surface area (Å²) < 4.78 is 5.20. The van der Waals surface area contributed by atoms with Crippen LogP contribution in [0.2, 0.25) is 0 Å². The van der Waals surface area contributed by atoms with Crippen molar-refractivity contribution in [2.75, 3.05) is 33.3 Å². The highest BCUT2D eigenvalue weighted by atomic mass is 16.5. The zero-order valence-corrected chi connectivity index (χ0v) is 7.05. The fourth-order valence-electron chi connectivity index (χ4n) is 1.78. The number of rotatable bonds is 2. The number of likely N-dealkylation sites (tertiary alicyclic amines) is 2. The quantitative estimate of drug-likeness (QED) is 0.484. The minimum Gasteiger partial charge on any atom is -0.465 e. The van der Waals surface area contributed by atoms with E-state index in [-0.39, 0.29) is 0 Å². The molecule has 3 heteroatoms. The van der Waals surface area contributed by atoms with Gasteiger partial charge in [-0.15, -0.1) is 0 Å². The first-order chi connectivity index (χ1) is 5.29. The summed E-state index contributed by atoms with van der Waals surface area (Å²) in [6, 6.07) is 0.800. The second kappa shape index (κ2) is 2.73. The van der Waals surface area contributed by atoms with Crippen LogP contribution in [0.1, 0.15) is 0 Å². The first-order valence-electron chi connectivity index (χ1n) is 4.23. The summed E-state index contributed by atoms with van der Waals surface area (Å²) in [5.74, 6) is 0. The van der Waals surface area contributed by atoms with Crippen LogP contribution in [-0.2, 0) is 4.74 Å². The van der Waals surface area contributed by atoms with Crippen molar-refractivity contribution in [2.24, 2.45) is 0 Å². The van der Waals surface area contributed by atoms with Crippen molar-refractivity contribution in [2.45, 2.75) is 12.1 Å². The smallest absolute Gasteiger partial charge is 0.104 e. The SMILES string of the molecule is [CH2-][NH+]1CC(N2CC(OC)C2)C1. The number of nitrogens with zero attached hydrogens (tertiary/aromatic N) is 1. The van der Waals surface area contributed by atoms with Crippen molar-refractivity contribution in [1.82, 2.24) is 4.90 Å². The van der Waals surface area contributed by atoms with E-state index in [4.69, 9.17) is 4.74 Å². The molecule has 0 aliphatic carbocycles. The maximum atomic E-state index is 5.20. The van der Waals surface area contributed by atoms with E-state index in [1.165, 1.54) is 18.0 Å². The van der Waals surface area contributed by atoms with Crippen LogP contribution in [0.5, 0.6) is 0 Å². The zero-order chi connectivity index (χ0) is 7.84. The monoisotopic (exact) mass is 156 g/mol.